The van der Waals surface area contributed by atoms with Crippen LogP contribution >= 0.6 is 0 Å². The number of guanidine groups is 1. The van der Waals surface area contributed by atoms with Gasteiger partial charge in [0.25, 0.3) is 5.91 Å². The van der Waals surface area contributed by atoms with E-state index in [4.69, 9.17) is 9.47 Å². The van der Waals surface area contributed by atoms with Gasteiger partial charge < -0.3 is 25.4 Å². The molecule has 0 radical (unpaired) electrons. The van der Waals surface area contributed by atoms with Gasteiger partial charge in [-0.2, -0.15) is 0 Å². The Morgan fingerprint density at radius 1 is 0.903 bits per heavy atom. The van der Waals surface area contributed by atoms with E-state index in [1.54, 1.807) is 7.05 Å². The summed E-state index contributed by atoms with van der Waals surface area (Å²) < 4.78 is 11.3. The molecule has 0 atom stereocenters. The third-order valence-corrected chi connectivity index (χ3v) is 4.52. The fraction of sp³-hybridized carbons (Fsp3) is 0.417. The van der Waals surface area contributed by atoms with Crippen LogP contribution in [0.1, 0.15) is 35.3 Å². The van der Waals surface area contributed by atoms with Crippen molar-refractivity contribution in [2.75, 3.05) is 39.9 Å². The summed E-state index contributed by atoms with van der Waals surface area (Å²) in [4.78, 5) is 16.4. The van der Waals surface area contributed by atoms with Crippen molar-refractivity contribution in [1.82, 2.24) is 16.0 Å². The van der Waals surface area contributed by atoms with Crippen LogP contribution < -0.4 is 25.4 Å². The predicted octanol–water partition coefficient (Wildman–Crippen LogP) is 2.93. The molecule has 7 nitrogen and oxygen atoms in total. The Morgan fingerprint density at radius 2 is 1.61 bits per heavy atom. The summed E-state index contributed by atoms with van der Waals surface area (Å²) in [6.45, 7) is 8.89. The first-order chi connectivity index (χ1) is 15.1. The number of hydrogen-bond acceptors (Lipinski definition) is 4. The maximum absolute atomic E-state index is 12.2. The Kier molecular flexibility index (Phi) is 10.2. The molecule has 0 fully saturated rings. The van der Waals surface area contributed by atoms with Crippen molar-refractivity contribution in [3.63, 3.8) is 0 Å². The zero-order chi connectivity index (χ0) is 22.5. The number of ether oxygens (including phenoxy) is 2. The molecule has 2 rings (SSSR count). The normalized spacial score (nSPS) is 11.0. The molecule has 0 aliphatic carbocycles. The van der Waals surface area contributed by atoms with Crippen LogP contribution in [0.15, 0.2) is 47.5 Å². The van der Waals surface area contributed by atoms with Gasteiger partial charge in [0, 0.05) is 32.2 Å². The van der Waals surface area contributed by atoms with Gasteiger partial charge in [0.15, 0.2) is 17.5 Å². The summed E-state index contributed by atoms with van der Waals surface area (Å²) in [5, 5.41) is 9.41. The summed E-state index contributed by atoms with van der Waals surface area (Å²) >= 11 is 0. The molecule has 7 heteroatoms. The number of rotatable bonds is 11. The molecule has 2 aromatic rings. The van der Waals surface area contributed by atoms with E-state index < -0.39 is 0 Å². The molecular formula is C24H34N4O3. The highest BCUT2D eigenvalue weighted by Crippen LogP contribution is 2.28. The molecule has 0 spiro atoms. The van der Waals surface area contributed by atoms with E-state index in [1.165, 1.54) is 0 Å². The Bertz CT molecular complexity index is 868. The van der Waals surface area contributed by atoms with E-state index >= 15 is 0 Å². The molecule has 0 aromatic heterocycles. The van der Waals surface area contributed by atoms with Crippen LogP contribution in [0.25, 0.3) is 0 Å². The molecule has 2 aromatic carbocycles. The van der Waals surface area contributed by atoms with Crippen molar-refractivity contribution < 1.29 is 14.3 Å². The molecule has 0 aliphatic rings. The van der Waals surface area contributed by atoms with Crippen molar-refractivity contribution in [3.8, 4) is 11.5 Å². The quantitative estimate of drug-likeness (QED) is 0.292. The van der Waals surface area contributed by atoms with Crippen molar-refractivity contribution in [3.05, 3.63) is 59.2 Å². The van der Waals surface area contributed by atoms with Crippen LogP contribution in [0, 0.1) is 6.92 Å². The van der Waals surface area contributed by atoms with Crippen molar-refractivity contribution in [2.24, 2.45) is 4.99 Å². The van der Waals surface area contributed by atoms with E-state index in [1.807, 2.05) is 63.2 Å². The van der Waals surface area contributed by atoms with Gasteiger partial charge in [0.05, 0.1) is 13.2 Å². The number of aryl methyl sites for hydroxylation is 1. The Balaban J connectivity index is 1.73. The molecule has 0 saturated carbocycles. The number of benzene rings is 2. The lowest BCUT2D eigenvalue weighted by Crippen LogP contribution is -2.42. The van der Waals surface area contributed by atoms with Crippen molar-refractivity contribution in [2.45, 2.75) is 27.2 Å². The van der Waals surface area contributed by atoms with Gasteiger partial charge in [-0.3, -0.25) is 9.79 Å². The molecule has 0 saturated heterocycles. The molecule has 0 aliphatic heterocycles. The summed E-state index contributed by atoms with van der Waals surface area (Å²) in [6, 6.07) is 13.6. The van der Waals surface area contributed by atoms with E-state index in [-0.39, 0.29) is 5.91 Å². The molecule has 0 bridgehead atoms. The second-order valence-electron chi connectivity index (χ2n) is 6.95. The molecule has 168 valence electrons. The zero-order valence-corrected chi connectivity index (χ0v) is 19.0. The number of hydrogen-bond donors (Lipinski definition) is 3. The van der Waals surface area contributed by atoms with Gasteiger partial charge in [0.2, 0.25) is 0 Å². The smallest absolute Gasteiger partial charge is 0.251 e. The second kappa shape index (κ2) is 13.2. The summed E-state index contributed by atoms with van der Waals surface area (Å²) in [7, 11) is 1.73. The van der Waals surface area contributed by atoms with Crippen LogP contribution in [0.4, 0.5) is 0 Å². The Labute approximate surface area is 185 Å². The minimum absolute atomic E-state index is 0.0750. The minimum Gasteiger partial charge on any atom is -0.490 e. The first kappa shape index (κ1) is 24.1. The third-order valence-electron chi connectivity index (χ3n) is 4.52. The van der Waals surface area contributed by atoms with Crippen molar-refractivity contribution >= 4 is 11.9 Å². The van der Waals surface area contributed by atoms with Gasteiger partial charge in [-0.1, -0.05) is 23.8 Å². The fourth-order valence-corrected chi connectivity index (χ4v) is 3.04. The predicted molar refractivity (Wildman–Crippen MR) is 125 cm³/mol. The van der Waals surface area contributed by atoms with Gasteiger partial charge in [-0.25, -0.2) is 0 Å². The topological polar surface area (TPSA) is 84.0 Å². The first-order valence-electron chi connectivity index (χ1n) is 10.7. The van der Waals surface area contributed by atoms with Gasteiger partial charge in [-0.05, 0) is 57.0 Å². The molecule has 1 amide bonds. The fourth-order valence-electron chi connectivity index (χ4n) is 3.04. The standard InChI is InChI=1S/C24H34N4O3/c1-5-30-21-11-10-19(17-22(21)31-6-2)12-13-27-24(25-4)28-15-14-26-23(29)20-9-7-8-18(3)16-20/h7-11,16-17H,5-6,12-15H2,1-4H3,(H,26,29)(H2,25,27,28). The van der Waals surface area contributed by atoms with Crippen LogP contribution in [0.2, 0.25) is 0 Å². The van der Waals surface area contributed by atoms with Crippen molar-refractivity contribution in [1.29, 1.82) is 0 Å². The number of aliphatic imine (C=N–C) groups is 1. The van der Waals surface area contributed by atoms with Crippen LogP contribution in [-0.4, -0.2) is 51.8 Å². The lowest BCUT2D eigenvalue weighted by atomic mass is 10.1. The largest absolute Gasteiger partial charge is 0.490 e. The molecule has 0 heterocycles. The monoisotopic (exact) mass is 426 g/mol. The number of amides is 1. The second-order valence-corrected chi connectivity index (χ2v) is 6.95. The maximum Gasteiger partial charge on any atom is 0.251 e. The van der Waals surface area contributed by atoms with Gasteiger partial charge in [-0.15, -0.1) is 0 Å². The first-order valence-corrected chi connectivity index (χ1v) is 10.7. The number of carbonyl (C=O) groups is 1. The molecule has 31 heavy (non-hydrogen) atoms. The Hall–Kier alpha value is -3.22. The average Bonchev–Trinajstić information content (AvgIpc) is 2.77. The Morgan fingerprint density at radius 3 is 2.32 bits per heavy atom. The van der Waals surface area contributed by atoms with Crippen LogP contribution in [0.5, 0.6) is 11.5 Å². The van der Waals surface area contributed by atoms with Crippen LogP contribution in [0.3, 0.4) is 0 Å². The molecular weight excluding hydrogens is 392 g/mol. The van der Waals surface area contributed by atoms with E-state index in [0.29, 0.717) is 37.8 Å². The van der Waals surface area contributed by atoms with E-state index in [0.717, 1.165) is 35.6 Å². The highest BCUT2D eigenvalue weighted by Gasteiger charge is 2.07. The summed E-state index contributed by atoms with van der Waals surface area (Å²) in [5.74, 6) is 2.16. The highest BCUT2D eigenvalue weighted by atomic mass is 16.5. The van der Waals surface area contributed by atoms with E-state index in [9.17, 15) is 4.79 Å². The number of nitrogens with zero attached hydrogens (tertiary/aromatic N) is 1. The van der Waals surface area contributed by atoms with Gasteiger partial charge in [0.1, 0.15) is 0 Å². The minimum atomic E-state index is -0.0750. The lowest BCUT2D eigenvalue weighted by molar-refractivity contribution is 0.0954. The lowest BCUT2D eigenvalue weighted by Gasteiger charge is -2.14. The average molecular weight is 427 g/mol. The third kappa shape index (κ3) is 8.20. The van der Waals surface area contributed by atoms with Gasteiger partial charge >= 0.3 is 0 Å². The highest BCUT2D eigenvalue weighted by molar-refractivity contribution is 5.94. The maximum atomic E-state index is 12.2. The summed E-state index contributed by atoms with van der Waals surface area (Å²) in [5.41, 5.74) is 2.89. The van der Waals surface area contributed by atoms with Crippen LogP contribution in [-0.2, 0) is 6.42 Å². The summed E-state index contributed by atoms with van der Waals surface area (Å²) in [6.07, 6.45) is 0.817. The zero-order valence-electron chi connectivity index (χ0n) is 19.0. The molecule has 3 N–H and O–H groups in total. The SMILES string of the molecule is CCOc1ccc(CCNC(=NC)NCCNC(=O)c2cccc(C)c2)cc1OCC. The van der Waals surface area contributed by atoms with E-state index in [2.05, 4.69) is 20.9 Å². The molecule has 0 unspecified atom stereocenters. The number of carbonyl (C=O) groups excluding carboxylic acids is 1. The number of nitrogens with one attached hydrogen (secondary N) is 3.